The molecule has 8 rings (SSSR count). The summed E-state index contributed by atoms with van der Waals surface area (Å²) < 4.78 is 6.82. The van der Waals surface area contributed by atoms with E-state index in [-0.39, 0.29) is 10.8 Å². The summed E-state index contributed by atoms with van der Waals surface area (Å²) >= 11 is 0. The van der Waals surface area contributed by atoms with Crippen LogP contribution in [0.3, 0.4) is 0 Å². The minimum atomic E-state index is -0.202. The molecule has 0 unspecified atom stereocenters. The van der Waals surface area contributed by atoms with Crippen LogP contribution in [-0.2, 0) is 10.8 Å². The molecule has 0 saturated carbocycles. The standard InChI is InChI=1S/C40H33NO/c1-39(2)31-17-8-7-16-29(31)30-24-23-27(25-34(30)39)41(35-20-11-14-26-13-5-6-15-28(26)35)36-21-12-19-33-38(36)42-37-22-10-9-18-32(37)40(33,3)4/h5-25H,1-4H3. The molecule has 0 atom stereocenters. The summed E-state index contributed by atoms with van der Waals surface area (Å²) in [5.74, 6) is 1.84. The van der Waals surface area contributed by atoms with Crippen LogP contribution < -0.4 is 9.64 Å². The average molecular weight is 544 g/mol. The topological polar surface area (TPSA) is 12.5 Å². The zero-order valence-electron chi connectivity index (χ0n) is 24.5. The predicted octanol–water partition coefficient (Wildman–Crippen LogP) is 11.0. The van der Waals surface area contributed by atoms with Gasteiger partial charge in [-0.1, -0.05) is 125 Å². The van der Waals surface area contributed by atoms with E-state index in [2.05, 4.69) is 160 Å². The molecule has 0 amide bonds. The van der Waals surface area contributed by atoms with E-state index in [0.29, 0.717) is 0 Å². The van der Waals surface area contributed by atoms with Gasteiger partial charge >= 0.3 is 0 Å². The second kappa shape index (κ2) is 8.84. The SMILES string of the molecule is CC1(C)c2ccccc2-c2ccc(N(c3cccc4c3Oc3ccccc3C4(C)C)c3cccc4ccccc34)cc21. The maximum absolute atomic E-state index is 6.82. The molecule has 0 bridgehead atoms. The average Bonchev–Trinajstić information content (AvgIpc) is 3.24. The van der Waals surface area contributed by atoms with Crippen molar-refractivity contribution in [3.05, 3.63) is 150 Å². The lowest BCUT2D eigenvalue weighted by atomic mass is 9.75. The van der Waals surface area contributed by atoms with E-state index in [9.17, 15) is 0 Å². The molecule has 0 aromatic heterocycles. The second-order valence-electron chi connectivity index (χ2n) is 12.6. The Labute approximate surface area is 247 Å². The summed E-state index contributed by atoms with van der Waals surface area (Å²) in [5.41, 5.74) is 10.8. The van der Waals surface area contributed by atoms with Gasteiger partial charge in [0.15, 0.2) is 5.75 Å². The zero-order valence-corrected chi connectivity index (χ0v) is 24.5. The van der Waals surface area contributed by atoms with E-state index in [1.807, 2.05) is 0 Å². The molecule has 204 valence electrons. The first kappa shape index (κ1) is 24.9. The number of fused-ring (bicyclic) bond motifs is 6. The third-order valence-corrected chi connectivity index (χ3v) is 9.51. The van der Waals surface area contributed by atoms with E-state index in [1.165, 1.54) is 44.2 Å². The Bertz CT molecular complexity index is 2030. The summed E-state index contributed by atoms with van der Waals surface area (Å²) in [6.07, 6.45) is 0. The highest BCUT2D eigenvalue weighted by Crippen LogP contribution is 2.55. The number of rotatable bonds is 3. The lowest BCUT2D eigenvalue weighted by Gasteiger charge is -2.38. The smallest absolute Gasteiger partial charge is 0.155 e. The van der Waals surface area contributed by atoms with Crippen LogP contribution in [0.1, 0.15) is 49.9 Å². The van der Waals surface area contributed by atoms with Gasteiger partial charge in [0.1, 0.15) is 5.75 Å². The van der Waals surface area contributed by atoms with Crippen LogP contribution in [-0.4, -0.2) is 0 Å². The molecule has 0 N–H and O–H groups in total. The molecule has 1 aliphatic heterocycles. The first-order valence-electron chi connectivity index (χ1n) is 14.8. The Morgan fingerprint density at radius 1 is 0.500 bits per heavy atom. The van der Waals surface area contributed by atoms with Crippen molar-refractivity contribution in [2.45, 2.75) is 38.5 Å². The van der Waals surface area contributed by atoms with E-state index in [0.717, 1.165) is 28.6 Å². The molecule has 2 nitrogen and oxygen atoms in total. The number of hydrogen-bond acceptors (Lipinski definition) is 2. The van der Waals surface area contributed by atoms with Gasteiger partial charge < -0.3 is 9.64 Å². The number of nitrogens with zero attached hydrogens (tertiary/aromatic N) is 1. The van der Waals surface area contributed by atoms with Crippen molar-refractivity contribution in [2.75, 3.05) is 4.90 Å². The quantitative estimate of drug-likeness (QED) is 0.220. The minimum Gasteiger partial charge on any atom is -0.455 e. The van der Waals surface area contributed by atoms with Crippen molar-refractivity contribution in [3.8, 4) is 22.6 Å². The molecular formula is C40H33NO. The number of hydrogen-bond donors (Lipinski definition) is 0. The fourth-order valence-corrected chi connectivity index (χ4v) is 7.27. The van der Waals surface area contributed by atoms with E-state index >= 15 is 0 Å². The first-order valence-corrected chi connectivity index (χ1v) is 14.8. The van der Waals surface area contributed by atoms with E-state index < -0.39 is 0 Å². The lowest BCUT2D eigenvalue weighted by Crippen LogP contribution is -2.25. The Hall–Kier alpha value is -4.82. The van der Waals surface area contributed by atoms with E-state index in [1.54, 1.807) is 0 Å². The summed E-state index contributed by atoms with van der Waals surface area (Å²) in [4.78, 5) is 2.41. The van der Waals surface area contributed by atoms with E-state index in [4.69, 9.17) is 4.74 Å². The number of benzene rings is 6. The highest BCUT2D eigenvalue weighted by molar-refractivity contribution is 6.00. The van der Waals surface area contributed by atoms with Gasteiger partial charge in [0.25, 0.3) is 0 Å². The van der Waals surface area contributed by atoms with Crippen molar-refractivity contribution in [1.82, 2.24) is 0 Å². The molecule has 42 heavy (non-hydrogen) atoms. The monoisotopic (exact) mass is 543 g/mol. The fourth-order valence-electron chi connectivity index (χ4n) is 7.27. The molecule has 1 heterocycles. The molecular weight excluding hydrogens is 510 g/mol. The van der Waals surface area contributed by atoms with Gasteiger partial charge in [0, 0.05) is 33.0 Å². The van der Waals surface area contributed by atoms with Gasteiger partial charge in [-0.3, -0.25) is 0 Å². The van der Waals surface area contributed by atoms with Crippen molar-refractivity contribution >= 4 is 27.8 Å². The normalized spacial score (nSPS) is 15.2. The number of para-hydroxylation sites is 2. The molecule has 6 aromatic carbocycles. The predicted molar refractivity (Wildman–Crippen MR) is 175 cm³/mol. The molecule has 2 aliphatic rings. The van der Waals surface area contributed by atoms with Crippen LogP contribution >= 0.6 is 0 Å². The van der Waals surface area contributed by atoms with Gasteiger partial charge in [-0.15, -0.1) is 0 Å². The van der Waals surface area contributed by atoms with Gasteiger partial charge in [-0.2, -0.15) is 0 Å². The maximum atomic E-state index is 6.82. The Kier molecular flexibility index (Phi) is 5.25. The van der Waals surface area contributed by atoms with Gasteiger partial charge in [0.05, 0.1) is 11.4 Å². The first-order chi connectivity index (χ1) is 20.4. The molecule has 0 fully saturated rings. The summed E-state index contributed by atoms with van der Waals surface area (Å²) in [6, 6.07) is 46.1. The summed E-state index contributed by atoms with van der Waals surface area (Å²) in [7, 11) is 0. The highest BCUT2D eigenvalue weighted by atomic mass is 16.5. The third kappa shape index (κ3) is 3.45. The largest absolute Gasteiger partial charge is 0.455 e. The van der Waals surface area contributed by atoms with Crippen molar-refractivity contribution in [2.24, 2.45) is 0 Å². The van der Waals surface area contributed by atoms with Crippen LogP contribution in [0.2, 0.25) is 0 Å². The molecule has 2 heteroatoms. The molecule has 1 aliphatic carbocycles. The summed E-state index contributed by atoms with van der Waals surface area (Å²) in [5, 5.41) is 2.42. The van der Waals surface area contributed by atoms with Crippen LogP contribution in [0.15, 0.2) is 127 Å². The lowest BCUT2D eigenvalue weighted by molar-refractivity contribution is 0.419. The molecule has 0 radical (unpaired) electrons. The van der Waals surface area contributed by atoms with Crippen LogP contribution in [0.25, 0.3) is 21.9 Å². The van der Waals surface area contributed by atoms with Crippen LogP contribution in [0.5, 0.6) is 11.5 Å². The van der Waals surface area contributed by atoms with Crippen molar-refractivity contribution in [3.63, 3.8) is 0 Å². The van der Waals surface area contributed by atoms with Gasteiger partial charge in [-0.25, -0.2) is 0 Å². The minimum absolute atomic E-state index is 0.0973. The molecule has 0 saturated heterocycles. The summed E-state index contributed by atoms with van der Waals surface area (Å²) in [6.45, 7) is 9.29. The van der Waals surface area contributed by atoms with Crippen LogP contribution in [0, 0.1) is 0 Å². The Morgan fingerprint density at radius 2 is 1.12 bits per heavy atom. The van der Waals surface area contributed by atoms with Gasteiger partial charge in [0.2, 0.25) is 0 Å². The number of ether oxygens (including phenoxy) is 1. The second-order valence-corrected chi connectivity index (χ2v) is 12.6. The molecule has 6 aromatic rings. The highest BCUT2D eigenvalue weighted by Gasteiger charge is 2.38. The maximum Gasteiger partial charge on any atom is 0.155 e. The zero-order chi connectivity index (χ0) is 28.6. The Morgan fingerprint density at radius 3 is 2.00 bits per heavy atom. The van der Waals surface area contributed by atoms with Gasteiger partial charge in [-0.05, 0) is 58.0 Å². The van der Waals surface area contributed by atoms with Crippen LogP contribution in [0.4, 0.5) is 17.1 Å². The molecule has 0 spiro atoms. The van der Waals surface area contributed by atoms with Crippen molar-refractivity contribution in [1.29, 1.82) is 0 Å². The fraction of sp³-hybridized carbons (Fsp3) is 0.150. The third-order valence-electron chi connectivity index (χ3n) is 9.51. The number of anilines is 3. The van der Waals surface area contributed by atoms with Crippen molar-refractivity contribution < 1.29 is 4.74 Å². The Balaban J connectivity index is 1.40.